The fourth-order valence-electron chi connectivity index (χ4n) is 3.59. The predicted octanol–water partition coefficient (Wildman–Crippen LogP) is 3.69. The Labute approximate surface area is 214 Å². The standard InChI is InChI=1S/C26H29ClN6O3/c1-4-36-15-19-9-20(11-21(29)10-19)23-24(27)32-25(31-16(2)3)26(35)33(23)14-22(34)30-13-18-7-5-17(12-28)6-8-18/h5-11,16H,4,13-15,29H2,1-3H3,(H,30,34)(H,31,32). The van der Waals surface area contributed by atoms with E-state index in [1.165, 1.54) is 4.57 Å². The van der Waals surface area contributed by atoms with Gasteiger partial charge in [0.25, 0.3) is 5.56 Å². The molecule has 0 saturated carbocycles. The number of rotatable bonds is 10. The fraction of sp³-hybridized carbons (Fsp3) is 0.308. The monoisotopic (exact) mass is 508 g/mol. The van der Waals surface area contributed by atoms with Crippen molar-refractivity contribution in [2.75, 3.05) is 17.7 Å². The van der Waals surface area contributed by atoms with Crippen LogP contribution in [0.2, 0.25) is 5.15 Å². The minimum absolute atomic E-state index is 0.0529. The molecule has 10 heteroatoms. The summed E-state index contributed by atoms with van der Waals surface area (Å²) in [6.07, 6.45) is 0. The van der Waals surface area contributed by atoms with Crippen molar-refractivity contribution < 1.29 is 9.53 Å². The van der Waals surface area contributed by atoms with Crippen molar-refractivity contribution in [2.45, 2.75) is 46.5 Å². The van der Waals surface area contributed by atoms with Crippen molar-refractivity contribution in [1.29, 1.82) is 5.26 Å². The average Bonchev–Trinajstić information content (AvgIpc) is 2.84. The van der Waals surface area contributed by atoms with Gasteiger partial charge in [0.1, 0.15) is 6.54 Å². The van der Waals surface area contributed by atoms with E-state index in [0.29, 0.717) is 30.0 Å². The maximum atomic E-state index is 13.4. The van der Waals surface area contributed by atoms with E-state index in [4.69, 9.17) is 27.3 Å². The number of hydrogen-bond acceptors (Lipinski definition) is 7. The minimum atomic E-state index is -0.481. The Kier molecular flexibility index (Phi) is 9.06. The molecule has 2 aromatic carbocycles. The van der Waals surface area contributed by atoms with Crippen LogP contribution in [-0.2, 0) is 29.2 Å². The van der Waals surface area contributed by atoms with Crippen LogP contribution in [0.25, 0.3) is 11.3 Å². The number of carbonyl (C=O) groups excluding carboxylic acids is 1. The molecular formula is C26H29ClN6O3. The Morgan fingerprint density at radius 1 is 1.22 bits per heavy atom. The molecule has 0 spiro atoms. The van der Waals surface area contributed by atoms with E-state index >= 15 is 0 Å². The first-order valence-corrected chi connectivity index (χ1v) is 11.9. The van der Waals surface area contributed by atoms with Gasteiger partial charge in [-0.3, -0.25) is 14.2 Å². The third-order valence-electron chi connectivity index (χ3n) is 5.18. The lowest BCUT2D eigenvalue weighted by Gasteiger charge is -2.18. The van der Waals surface area contributed by atoms with Crippen molar-refractivity contribution in [2.24, 2.45) is 0 Å². The molecule has 0 unspecified atom stereocenters. The summed E-state index contributed by atoms with van der Waals surface area (Å²) >= 11 is 6.58. The number of nitriles is 1. The van der Waals surface area contributed by atoms with Gasteiger partial charge >= 0.3 is 0 Å². The first kappa shape index (κ1) is 26.7. The summed E-state index contributed by atoms with van der Waals surface area (Å²) in [5.41, 5.74) is 9.09. The van der Waals surface area contributed by atoms with Crippen LogP contribution in [0.3, 0.4) is 0 Å². The van der Waals surface area contributed by atoms with E-state index in [0.717, 1.165) is 11.1 Å². The summed E-state index contributed by atoms with van der Waals surface area (Å²) < 4.78 is 6.80. The molecule has 1 heterocycles. The summed E-state index contributed by atoms with van der Waals surface area (Å²) in [6.45, 7) is 6.46. The van der Waals surface area contributed by atoms with E-state index in [1.54, 1.807) is 36.4 Å². The third-order valence-corrected chi connectivity index (χ3v) is 5.45. The van der Waals surface area contributed by atoms with E-state index in [1.807, 2.05) is 26.8 Å². The van der Waals surface area contributed by atoms with Gasteiger partial charge in [-0.05, 0) is 62.2 Å². The molecule has 1 aromatic heterocycles. The Morgan fingerprint density at radius 2 is 1.94 bits per heavy atom. The summed E-state index contributed by atoms with van der Waals surface area (Å²) in [4.78, 5) is 30.6. The Balaban J connectivity index is 1.98. The number of nitrogens with zero attached hydrogens (tertiary/aromatic N) is 3. The Bertz CT molecular complexity index is 1330. The molecular weight excluding hydrogens is 480 g/mol. The maximum absolute atomic E-state index is 13.4. The lowest BCUT2D eigenvalue weighted by atomic mass is 10.1. The lowest BCUT2D eigenvalue weighted by Crippen LogP contribution is -2.35. The Hall–Kier alpha value is -3.87. The topological polar surface area (TPSA) is 135 Å². The summed E-state index contributed by atoms with van der Waals surface area (Å²) in [6, 6.07) is 14.1. The van der Waals surface area contributed by atoms with Crippen LogP contribution in [0, 0.1) is 11.3 Å². The highest BCUT2D eigenvalue weighted by Crippen LogP contribution is 2.29. The second-order valence-electron chi connectivity index (χ2n) is 8.48. The number of nitrogens with two attached hydrogens (primary N) is 1. The molecule has 36 heavy (non-hydrogen) atoms. The number of benzene rings is 2. The molecule has 0 saturated heterocycles. The Morgan fingerprint density at radius 3 is 2.58 bits per heavy atom. The first-order chi connectivity index (χ1) is 17.2. The number of anilines is 2. The number of halogens is 1. The van der Waals surface area contributed by atoms with Crippen LogP contribution in [-0.4, -0.2) is 28.1 Å². The lowest BCUT2D eigenvalue weighted by molar-refractivity contribution is -0.121. The second-order valence-corrected chi connectivity index (χ2v) is 8.83. The van der Waals surface area contributed by atoms with Crippen molar-refractivity contribution in [1.82, 2.24) is 14.9 Å². The normalized spacial score (nSPS) is 10.8. The van der Waals surface area contributed by atoms with Gasteiger partial charge in [-0.1, -0.05) is 23.7 Å². The van der Waals surface area contributed by atoms with Gasteiger partial charge in [0.05, 0.1) is 23.9 Å². The number of nitrogen functional groups attached to an aromatic ring is 1. The highest BCUT2D eigenvalue weighted by atomic mass is 35.5. The molecule has 3 aromatic rings. The molecule has 0 bridgehead atoms. The third kappa shape index (κ3) is 6.84. The molecule has 3 rings (SSSR count). The number of aromatic nitrogens is 2. The number of nitrogens with one attached hydrogen (secondary N) is 2. The quantitative estimate of drug-likeness (QED) is 0.355. The molecule has 0 atom stereocenters. The fourth-order valence-corrected chi connectivity index (χ4v) is 3.88. The minimum Gasteiger partial charge on any atom is -0.399 e. The number of ether oxygens (including phenoxy) is 1. The molecule has 0 aliphatic carbocycles. The molecule has 188 valence electrons. The highest BCUT2D eigenvalue weighted by Gasteiger charge is 2.20. The van der Waals surface area contributed by atoms with Gasteiger partial charge < -0.3 is 21.1 Å². The van der Waals surface area contributed by atoms with Crippen molar-refractivity contribution in [3.63, 3.8) is 0 Å². The van der Waals surface area contributed by atoms with Crippen molar-refractivity contribution >= 4 is 29.0 Å². The first-order valence-electron chi connectivity index (χ1n) is 11.5. The van der Waals surface area contributed by atoms with Gasteiger partial charge in [0.15, 0.2) is 11.0 Å². The van der Waals surface area contributed by atoms with Crippen molar-refractivity contribution in [3.05, 3.63) is 74.7 Å². The van der Waals surface area contributed by atoms with Gasteiger partial charge in [0.2, 0.25) is 5.91 Å². The van der Waals surface area contributed by atoms with Crippen LogP contribution < -0.4 is 21.9 Å². The van der Waals surface area contributed by atoms with Crippen LogP contribution in [0.5, 0.6) is 0 Å². The maximum Gasteiger partial charge on any atom is 0.294 e. The molecule has 0 aliphatic heterocycles. The number of amides is 1. The second kappa shape index (κ2) is 12.2. The largest absolute Gasteiger partial charge is 0.399 e. The van der Waals surface area contributed by atoms with Crippen LogP contribution >= 0.6 is 11.6 Å². The summed E-state index contributed by atoms with van der Waals surface area (Å²) in [5, 5.41) is 14.8. The number of carbonyl (C=O) groups is 1. The molecule has 9 nitrogen and oxygen atoms in total. The van der Waals surface area contributed by atoms with E-state index < -0.39 is 5.56 Å². The van der Waals surface area contributed by atoms with E-state index in [2.05, 4.69) is 21.7 Å². The van der Waals surface area contributed by atoms with Crippen LogP contribution in [0.4, 0.5) is 11.5 Å². The van der Waals surface area contributed by atoms with Crippen molar-refractivity contribution in [3.8, 4) is 17.3 Å². The molecule has 4 N–H and O–H groups in total. The predicted molar refractivity (Wildman–Crippen MR) is 140 cm³/mol. The molecule has 0 radical (unpaired) electrons. The van der Waals surface area contributed by atoms with E-state index in [-0.39, 0.29) is 41.7 Å². The molecule has 0 fully saturated rings. The zero-order chi connectivity index (χ0) is 26.2. The average molecular weight is 509 g/mol. The van der Waals surface area contributed by atoms with E-state index in [9.17, 15) is 9.59 Å². The van der Waals surface area contributed by atoms with Crippen LogP contribution in [0.15, 0.2) is 47.3 Å². The SMILES string of the molecule is CCOCc1cc(N)cc(-c2c(Cl)nc(NC(C)C)c(=O)n2CC(=O)NCc2ccc(C#N)cc2)c1. The number of hydrogen-bond donors (Lipinski definition) is 3. The van der Waals surface area contributed by atoms with Gasteiger partial charge in [-0.25, -0.2) is 4.98 Å². The van der Waals surface area contributed by atoms with Gasteiger partial charge in [0, 0.05) is 30.4 Å². The molecule has 1 amide bonds. The van der Waals surface area contributed by atoms with Gasteiger partial charge in [-0.2, -0.15) is 5.26 Å². The zero-order valence-corrected chi connectivity index (χ0v) is 21.2. The zero-order valence-electron chi connectivity index (χ0n) is 20.5. The summed E-state index contributed by atoms with van der Waals surface area (Å²) in [5.74, 6) is -0.337. The molecule has 0 aliphatic rings. The van der Waals surface area contributed by atoms with Gasteiger partial charge in [-0.15, -0.1) is 0 Å². The summed E-state index contributed by atoms with van der Waals surface area (Å²) in [7, 11) is 0. The highest BCUT2D eigenvalue weighted by molar-refractivity contribution is 6.32. The van der Waals surface area contributed by atoms with Crippen LogP contribution in [0.1, 0.15) is 37.5 Å². The smallest absolute Gasteiger partial charge is 0.294 e.